The zero-order chi connectivity index (χ0) is 12.7. The third-order valence-corrected chi connectivity index (χ3v) is 2.77. The molecule has 1 aliphatic carbocycles. The van der Waals surface area contributed by atoms with Crippen LogP contribution in [0.15, 0.2) is 0 Å². The minimum atomic E-state index is -4.98. The Morgan fingerprint density at radius 1 is 0.750 bits per heavy atom. The summed E-state index contributed by atoms with van der Waals surface area (Å²) in [6.45, 7) is 0. The molecule has 0 bridgehead atoms. The van der Waals surface area contributed by atoms with Crippen molar-refractivity contribution in [1.82, 2.24) is 0 Å². The van der Waals surface area contributed by atoms with E-state index in [1.54, 1.807) is 0 Å². The Kier molecular flexibility index (Phi) is 3.87. The summed E-state index contributed by atoms with van der Waals surface area (Å²) in [7, 11) is -4.98. The molecule has 4 atom stereocenters. The second-order valence-electron chi connectivity index (χ2n) is 3.44. The van der Waals surface area contributed by atoms with Gasteiger partial charge in [0.25, 0.3) is 0 Å². The molecule has 0 unspecified atom stereocenters. The summed E-state index contributed by atoms with van der Waals surface area (Å²) in [5.74, 6) is 0. The van der Waals surface area contributed by atoms with Crippen LogP contribution in [0, 0.1) is 0 Å². The number of hydrogen-bond donors (Lipinski definition) is 6. The van der Waals surface area contributed by atoms with E-state index in [9.17, 15) is 28.8 Å². The molecule has 0 aliphatic heterocycles. The van der Waals surface area contributed by atoms with E-state index in [1.165, 1.54) is 0 Å². The van der Waals surface area contributed by atoms with Gasteiger partial charge < -0.3 is 25.5 Å². The molecule has 1 fully saturated rings. The van der Waals surface area contributed by atoms with E-state index in [-0.39, 0.29) is 0 Å². The largest absolute Gasteiger partial charge is 0.397 e. The molecule has 9 nitrogen and oxygen atoms in total. The summed E-state index contributed by atoms with van der Waals surface area (Å²) in [5, 5.41) is 46.0. The van der Waals surface area contributed by atoms with Gasteiger partial charge in [-0.2, -0.15) is 8.42 Å². The first-order valence-electron chi connectivity index (χ1n) is 4.21. The van der Waals surface area contributed by atoms with Crippen LogP contribution >= 0.6 is 0 Å². The molecule has 0 heterocycles. The molecular weight excluding hydrogens is 248 g/mol. The van der Waals surface area contributed by atoms with Crippen LogP contribution in [0.1, 0.15) is 0 Å². The highest BCUT2D eigenvalue weighted by Crippen LogP contribution is 2.24. The zero-order valence-electron chi connectivity index (χ0n) is 7.78. The number of rotatable bonds is 2. The monoisotopic (exact) mass is 260 g/mol. The van der Waals surface area contributed by atoms with Crippen LogP contribution < -0.4 is 0 Å². The van der Waals surface area contributed by atoms with Gasteiger partial charge in [0.15, 0.2) is 0 Å². The maximum atomic E-state index is 10.4. The molecular formula is C6H12O9S. The van der Waals surface area contributed by atoms with Crippen LogP contribution in [0.3, 0.4) is 0 Å². The number of aliphatic hydroxyl groups is 5. The van der Waals surface area contributed by atoms with Crippen molar-refractivity contribution in [2.45, 2.75) is 36.6 Å². The quantitative estimate of drug-likeness (QED) is 0.271. The second-order valence-corrected chi connectivity index (χ2v) is 4.49. The molecule has 1 rings (SSSR count). The van der Waals surface area contributed by atoms with Crippen molar-refractivity contribution in [3.05, 3.63) is 0 Å². The smallest absolute Gasteiger partial charge is 0.387 e. The van der Waals surface area contributed by atoms with Crippen molar-refractivity contribution < 1.29 is 42.7 Å². The fourth-order valence-electron chi connectivity index (χ4n) is 1.45. The van der Waals surface area contributed by atoms with Crippen molar-refractivity contribution in [1.29, 1.82) is 0 Å². The van der Waals surface area contributed by atoms with E-state index in [2.05, 4.69) is 4.18 Å². The Hall–Kier alpha value is -0.330. The van der Waals surface area contributed by atoms with Gasteiger partial charge in [-0.05, 0) is 0 Å². The maximum absolute atomic E-state index is 10.4. The standard InChI is InChI=1S/C6H12O9S/c7-1-2(8)4(10)6(5(11)3(1)9)15-16(12,13)14/h1-11H,(H,12,13,14)/t1-,2-,3-,4-,5-,6-/m0/s1. The Labute approximate surface area is 90.5 Å². The molecule has 1 saturated carbocycles. The number of hydrogen-bond acceptors (Lipinski definition) is 8. The van der Waals surface area contributed by atoms with Crippen LogP contribution in [0.25, 0.3) is 0 Å². The molecule has 96 valence electrons. The Balaban J connectivity index is 2.91. The first kappa shape index (κ1) is 13.7. The third-order valence-electron chi connectivity index (χ3n) is 2.31. The van der Waals surface area contributed by atoms with Crippen molar-refractivity contribution in [3.8, 4) is 0 Å². The predicted molar refractivity (Wildman–Crippen MR) is 46.5 cm³/mol. The fraction of sp³-hybridized carbons (Fsp3) is 1.00. The Morgan fingerprint density at radius 3 is 1.38 bits per heavy atom. The predicted octanol–water partition coefficient (Wildman–Crippen LogP) is -4.01. The molecule has 0 spiro atoms. The van der Waals surface area contributed by atoms with Crippen LogP contribution in [0.2, 0.25) is 0 Å². The highest BCUT2D eigenvalue weighted by molar-refractivity contribution is 7.80. The van der Waals surface area contributed by atoms with E-state index in [4.69, 9.17) is 9.66 Å². The van der Waals surface area contributed by atoms with Gasteiger partial charge in [-0.15, -0.1) is 0 Å². The lowest BCUT2D eigenvalue weighted by Gasteiger charge is -2.40. The summed E-state index contributed by atoms with van der Waals surface area (Å²) in [6, 6.07) is 0. The van der Waals surface area contributed by atoms with E-state index in [0.29, 0.717) is 0 Å². The van der Waals surface area contributed by atoms with Crippen LogP contribution in [0.4, 0.5) is 0 Å². The highest BCUT2D eigenvalue weighted by Gasteiger charge is 2.50. The molecule has 1 aliphatic rings. The minimum Gasteiger partial charge on any atom is -0.387 e. The molecule has 16 heavy (non-hydrogen) atoms. The maximum Gasteiger partial charge on any atom is 0.397 e. The van der Waals surface area contributed by atoms with Gasteiger partial charge in [-0.1, -0.05) is 0 Å². The normalized spacial score (nSPS) is 45.6. The van der Waals surface area contributed by atoms with E-state index >= 15 is 0 Å². The third kappa shape index (κ3) is 2.67. The topological polar surface area (TPSA) is 165 Å². The van der Waals surface area contributed by atoms with Crippen molar-refractivity contribution in [2.24, 2.45) is 0 Å². The lowest BCUT2D eigenvalue weighted by Crippen LogP contribution is -2.64. The Morgan fingerprint density at radius 2 is 1.06 bits per heavy atom. The van der Waals surface area contributed by atoms with E-state index in [0.717, 1.165) is 0 Å². The Bertz CT molecular complexity index is 324. The SMILES string of the molecule is O=S(=O)(O)O[C@H]1[C@@H](O)[C@@H](O)[C@H](O)[C@H](O)[C@@H]1O. The van der Waals surface area contributed by atoms with Gasteiger partial charge in [0.1, 0.15) is 36.6 Å². The highest BCUT2D eigenvalue weighted by atomic mass is 32.3. The summed E-state index contributed by atoms with van der Waals surface area (Å²) in [5.41, 5.74) is 0. The molecule has 6 N–H and O–H groups in total. The molecule has 0 saturated heterocycles. The second kappa shape index (κ2) is 4.50. The van der Waals surface area contributed by atoms with E-state index < -0.39 is 47.0 Å². The molecule has 0 amide bonds. The first-order chi connectivity index (χ1) is 7.15. The molecule has 0 radical (unpaired) electrons. The van der Waals surface area contributed by atoms with Crippen molar-refractivity contribution in [3.63, 3.8) is 0 Å². The van der Waals surface area contributed by atoms with Crippen LogP contribution in [-0.2, 0) is 14.6 Å². The van der Waals surface area contributed by atoms with Crippen LogP contribution in [0.5, 0.6) is 0 Å². The van der Waals surface area contributed by atoms with Gasteiger partial charge >= 0.3 is 10.4 Å². The average Bonchev–Trinajstić information content (AvgIpc) is 2.17. The lowest BCUT2D eigenvalue weighted by atomic mass is 9.85. The molecule has 0 aromatic carbocycles. The van der Waals surface area contributed by atoms with E-state index in [1.807, 2.05) is 0 Å². The van der Waals surface area contributed by atoms with Gasteiger partial charge in [-0.25, -0.2) is 4.18 Å². The van der Waals surface area contributed by atoms with Gasteiger partial charge in [0.2, 0.25) is 0 Å². The molecule has 10 heteroatoms. The summed E-state index contributed by atoms with van der Waals surface area (Å²) in [4.78, 5) is 0. The summed E-state index contributed by atoms with van der Waals surface area (Å²) >= 11 is 0. The van der Waals surface area contributed by atoms with Crippen molar-refractivity contribution >= 4 is 10.4 Å². The first-order valence-corrected chi connectivity index (χ1v) is 5.57. The fourth-order valence-corrected chi connectivity index (χ4v) is 1.96. The number of aliphatic hydroxyl groups excluding tert-OH is 5. The molecule has 0 aromatic rings. The molecule has 0 aromatic heterocycles. The summed E-state index contributed by atoms with van der Waals surface area (Å²) in [6.07, 6.45) is -11.6. The lowest BCUT2D eigenvalue weighted by molar-refractivity contribution is -0.217. The summed E-state index contributed by atoms with van der Waals surface area (Å²) < 4.78 is 33.0. The van der Waals surface area contributed by atoms with Gasteiger partial charge in [-0.3, -0.25) is 4.55 Å². The average molecular weight is 260 g/mol. The van der Waals surface area contributed by atoms with Crippen LogP contribution in [-0.4, -0.2) is 75.1 Å². The minimum absolute atomic E-state index is 1.86. The van der Waals surface area contributed by atoms with Gasteiger partial charge in [0, 0.05) is 0 Å². The van der Waals surface area contributed by atoms with Crippen molar-refractivity contribution in [2.75, 3.05) is 0 Å². The zero-order valence-corrected chi connectivity index (χ0v) is 8.60. The van der Waals surface area contributed by atoms with Gasteiger partial charge in [0.05, 0.1) is 0 Å².